The van der Waals surface area contributed by atoms with Crippen molar-refractivity contribution in [2.45, 2.75) is 25.0 Å². The number of thioether (sulfide) groups is 1. The van der Waals surface area contributed by atoms with E-state index in [-0.39, 0.29) is 17.7 Å². The van der Waals surface area contributed by atoms with Crippen molar-refractivity contribution in [3.8, 4) is 22.5 Å². The zero-order valence-corrected chi connectivity index (χ0v) is 19.3. The standard InChI is InChI=1S/C24H24N4OS2/c1-16(18-10-6-4-7-11-18)25-21(29)15-31-24-27-26-23(28(24)3)20-14-30-17(2)22(20)19-12-8-5-9-13-19/h4-14,16H,15H2,1-3H3,(H,25,29). The summed E-state index contributed by atoms with van der Waals surface area (Å²) < 4.78 is 1.96. The van der Waals surface area contributed by atoms with E-state index in [2.05, 4.69) is 40.0 Å². The molecule has 2 heterocycles. The maximum Gasteiger partial charge on any atom is 0.230 e. The number of thiophene rings is 1. The van der Waals surface area contributed by atoms with Crippen molar-refractivity contribution in [1.29, 1.82) is 0 Å². The number of hydrogen-bond donors (Lipinski definition) is 1. The summed E-state index contributed by atoms with van der Waals surface area (Å²) in [6.45, 7) is 4.11. The molecule has 0 aliphatic rings. The predicted molar refractivity (Wildman–Crippen MR) is 128 cm³/mol. The molecule has 31 heavy (non-hydrogen) atoms. The summed E-state index contributed by atoms with van der Waals surface area (Å²) in [7, 11) is 1.95. The van der Waals surface area contributed by atoms with E-state index in [1.54, 1.807) is 11.3 Å². The minimum absolute atomic E-state index is 0.0257. The molecular formula is C24H24N4OS2. The molecule has 1 amide bonds. The minimum atomic E-state index is -0.0356. The first-order chi connectivity index (χ1) is 15.0. The highest BCUT2D eigenvalue weighted by Gasteiger charge is 2.19. The molecule has 1 N–H and O–H groups in total. The minimum Gasteiger partial charge on any atom is -0.349 e. The highest BCUT2D eigenvalue weighted by molar-refractivity contribution is 7.99. The van der Waals surface area contributed by atoms with Crippen LogP contribution in [0.4, 0.5) is 0 Å². The Morgan fingerprint density at radius 3 is 2.48 bits per heavy atom. The zero-order chi connectivity index (χ0) is 21.8. The van der Waals surface area contributed by atoms with Crippen LogP contribution >= 0.6 is 23.1 Å². The smallest absolute Gasteiger partial charge is 0.230 e. The molecule has 5 nitrogen and oxygen atoms in total. The summed E-state index contributed by atoms with van der Waals surface area (Å²) in [6, 6.07) is 20.3. The molecule has 4 aromatic rings. The second-order valence-electron chi connectivity index (χ2n) is 7.30. The number of rotatable bonds is 7. The fourth-order valence-electron chi connectivity index (χ4n) is 3.50. The van der Waals surface area contributed by atoms with E-state index in [1.165, 1.54) is 27.8 Å². The molecule has 158 valence electrons. The molecule has 0 fully saturated rings. The molecule has 2 aromatic heterocycles. The Hall–Kier alpha value is -2.90. The van der Waals surface area contributed by atoms with E-state index in [9.17, 15) is 4.79 Å². The van der Waals surface area contributed by atoms with Crippen LogP contribution in [0, 0.1) is 6.92 Å². The van der Waals surface area contributed by atoms with Gasteiger partial charge in [0.2, 0.25) is 5.91 Å². The Morgan fingerprint density at radius 1 is 1.10 bits per heavy atom. The van der Waals surface area contributed by atoms with Crippen LogP contribution in [0.15, 0.2) is 71.2 Å². The number of carbonyl (C=O) groups is 1. The zero-order valence-electron chi connectivity index (χ0n) is 17.7. The molecule has 4 rings (SSSR count). The van der Waals surface area contributed by atoms with Gasteiger partial charge in [0.25, 0.3) is 0 Å². The van der Waals surface area contributed by atoms with Crippen LogP contribution in [0.1, 0.15) is 23.4 Å². The molecule has 1 atom stereocenters. The molecule has 0 bridgehead atoms. The van der Waals surface area contributed by atoms with E-state index in [0.29, 0.717) is 0 Å². The van der Waals surface area contributed by atoms with E-state index in [1.807, 2.05) is 67.1 Å². The number of nitrogens with one attached hydrogen (secondary N) is 1. The first-order valence-corrected chi connectivity index (χ1v) is 11.9. The fourth-order valence-corrected chi connectivity index (χ4v) is 5.08. The first-order valence-electron chi connectivity index (χ1n) is 10.0. The summed E-state index contributed by atoms with van der Waals surface area (Å²) >= 11 is 3.11. The molecular weight excluding hydrogens is 424 g/mol. The Balaban J connectivity index is 1.47. The quantitative estimate of drug-likeness (QED) is 0.380. The highest BCUT2D eigenvalue weighted by atomic mass is 32.2. The lowest BCUT2D eigenvalue weighted by molar-refractivity contribution is -0.119. The molecule has 7 heteroatoms. The normalized spacial score (nSPS) is 12.0. The second kappa shape index (κ2) is 9.49. The van der Waals surface area contributed by atoms with Crippen molar-refractivity contribution in [2.24, 2.45) is 7.05 Å². The lowest BCUT2D eigenvalue weighted by Gasteiger charge is -2.14. The summed E-state index contributed by atoms with van der Waals surface area (Å²) in [5.41, 5.74) is 4.51. The largest absolute Gasteiger partial charge is 0.349 e. The van der Waals surface area contributed by atoms with Gasteiger partial charge in [-0.25, -0.2) is 0 Å². The Labute approximate surface area is 190 Å². The Bertz CT molecular complexity index is 1170. The van der Waals surface area contributed by atoms with Crippen LogP contribution in [-0.2, 0) is 11.8 Å². The third kappa shape index (κ3) is 4.73. The summed E-state index contributed by atoms with van der Waals surface area (Å²) in [5, 5.41) is 14.7. The fraction of sp³-hybridized carbons (Fsp3) is 0.208. The van der Waals surface area contributed by atoms with Gasteiger partial charge >= 0.3 is 0 Å². The van der Waals surface area contributed by atoms with Gasteiger partial charge in [-0.1, -0.05) is 72.4 Å². The van der Waals surface area contributed by atoms with Crippen molar-refractivity contribution < 1.29 is 4.79 Å². The molecule has 0 radical (unpaired) electrons. The van der Waals surface area contributed by atoms with Gasteiger partial charge < -0.3 is 9.88 Å². The summed E-state index contributed by atoms with van der Waals surface area (Å²) in [5.74, 6) is 1.07. The van der Waals surface area contributed by atoms with Crippen LogP contribution in [-0.4, -0.2) is 26.4 Å². The van der Waals surface area contributed by atoms with Gasteiger partial charge in [0, 0.05) is 28.4 Å². The SMILES string of the molecule is Cc1scc(-c2nnc(SCC(=O)NC(C)c3ccccc3)n2C)c1-c1ccccc1. The number of aromatic nitrogens is 3. The lowest BCUT2D eigenvalue weighted by Crippen LogP contribution is -2.28. The van der Waals surface area contributed by atoms with E-state index in [4.69, 9.17) is 0 Å². The monoisotopic (exact) mass is 448 g/mol. The van der Waals surface area contributed by atoms with Gasteiger partial charge in [-0.15, -0.1) is 21.5 Å². The molecule has 0 aliphatic carbocycles. The number of benzene rings is 2. The van der Waals surface area contributed by atoms with Crippen molar-refractivity contribution in [2.75, 3.05) is 5.75 Å². The number of carbonyl (C=O) groups excluding carboxylic acids is 1. The molecule has 0 spiro atoms. The number of aryl methyl sites for hydroxylation is 1. The molecule has 1 unspecified atom stereocenters. The van der Waals surface area contributed by atoms with E-state index < -0.39 is 0 Å². The Kier molecular flexibility index (Phi) is 6.53. The molecule has 0 saturated heterocycles. The van der Waals surface area contributed by atoms with Crippen LogP contribution in [0.25, 0.3) is 22.5 Å². The first kappa shape index (κ1) is 21.3. The predicted octanol–water partition coefficient (Wildman–Crippen LogP) is 5.49. The van der Waals surface area contributed by atoms with E-state index >= 15 is 0 Å². The van der Waals surface area contributed by atoms with Crippen LogP contribution in [0.5, 0.6) is 0 Å². The van der Waals surface area contributed by atoms with Gasteiger partial charge in [0.15, 0.2) is 11.0 Å². The van der Waals surface area contributed by atoms with Crippen LogP contribution < -0.4 is 5.32 Å². The maximum atomic E-state index is 12.4. The topological polar surface area (TPSA) is 59.8 Å². The lowest BCUT2D eigenvalue weighted by atomic mass is 10.0. The summed E-state index contributed by atoms with van der Waals surface area (Å²) in [6.07, 6.45) is 0. The molecule has 2 aromatic carbocycles. The third-order valence-corrected chi connectivity index (χ3v) is 7.05. The van der Waals surface area contributed by atoms with Gasteiger partial charge in [-0.05, 0) is 25.0 Å². The van der Waals surface area contributed by atoms with Crippen LogP contribution in [0.3, 0.4) is 0 Å². The highest BCUT2D eigenvalue weighted by Crippen LogP contribution is 2.38. The van der Waals surface area contributed by atoms with Crippen molar-refractivity contribution in [3.05, 3.63) is 76.5 Å². The average molecular weight is 449 g/mol. The Morgan fingerprint density at radius 2 is 1.77 bits per heavy atom. The molecule has 0 aliphatic heterocycles. The van der Waals surface area contributed by atoms with Crippen molar-refractivity contribution in [1.82, 2.24) is 20.1 Å². The number of nitrogens with zero attached hydrogens (tertiary/aromatic N) is 3. The summed E-state index contributed by atoms with van der Waals surface area (Å²) in [4.78, 5) is 13.7. The van der Waals surface area contributed by atoms with Gasteiger partial charge in [0.1, 0.15) is 0 Å². The molecule has 0 saturated carbocycles. The maximum absolute atomic E-state index is 12.4. The average Bonchev–Trinajstić information content (AvgIpc) is 3.35. The second-order valence-corrected chi connectivity index (χ2v) is 9.33. The van der Waals surface area contributed by atoms with Gasteiger partial charge in [-0.2, -0.15) is 0 Å². The number of amides is 1. The number of hydrogen-bond acceptors (Lipinski definition) is 5. The van der Waals surface area contributed by atoms with Crippen LogP contribution in [0.2, 0.25) is 0 Å². The van der Waals surface area contributed by atoms with Crippen molar-refractivity contribution >= 4 is 29.0 Å². The van der Waals surface area contributed by atoms with Gasteiger partial charge in [0.05, 0.1) is 11.8 Å². The van der Waals surface area contributed by atoms with Gasteiger partial charge in [-0.3, -0.25) is 4.79 Å². The van der Waals surface area contributed by atoms with E-state index in [0.717, 1.165) is 22.1 Å². The third-order valence-electron chi connectivity index (χ3n) is 5.12. The van der Waals surface area contributed by atoms with Crippen molar-refractivity contribution in [3.63, 3.8) is 0 Å².